The predicted octanol–water partition coefficient (Wildman–Crippen LogP) is 1.81. The van der Waals surface area contributed by atoms with E-state index in [2.05, 4.69) is 10.1 Å². The number of hydrogen-bond acceptors (Lipinski definition) is 4. The van der Waals surface area contributed by atoms with Crippen molar-refractivity contribution in [2.24, 2.45) is 0 Å². The van der Waals surface area contributed by atoms with E-state index < -0.39 is 0 Å². The second-order valence-electron chi connectivity index (χ2n) is 6.61. The minimum atomic E-state index is -0.0272. The first-order chi connectivity index (χ1) is 13.2. The SMILES string of the molecule is O=C(Cn1cccn1)N1CCCN(C(=O)c2cccc3cccnc23)CC1. The zero-order valence-electron chi connectivity index (χ0n) is 15.0. The van der Waals surface area contributed by atoms with Gasteiger partial charge in [0.1, 0.15) is 6.54 Å². The van der Waals surface area contributed by atoms with Crippen LogP contribution in [0, 0.1) is 0 Å². The van der Waals surface area contributed by atoms with E-state index in [1.165, 1.54) is 0 Å². The van der Waals surface area contributed by atoms with Gasteiger partial charge in [-0.05, 0) is 24.6 Å². The summed E-state index contributed by atoms with van der Waals surface area (Å²) < 4.78 is 1.62. The Bertz CT molecular complexity index is 949. The number of aromatic nitrogens is 3. The number of rotatable bonds is 3. The van der Waals surface area contributed by atoms with Crippen LogP contribution in [0.25, 0.3) is 10.9 Å². The van der Waals surface area contributed by atoms with Crippen molar-refractivity contribution in [1.82, 2.24) is 24.6 Å². The third kappa shape index (κ3) is 3.67. The van der Waals surface area contributed by atoms with Gasteiger partial charge in [0.15, 0.2) is 0 Å². The van der Waals surface area contributed by atoms with Gasteiger partial charge in [-0.15, -0.1) is 0 Å². The second-order valence-corrected chi connectivity index (χ2v) is 6.61. The molecule has 0 aliphatic carbocycles. The summed E-state index contributed by atoms with van der Waals surface area (Å²) in [6.07, 6.45) is 5.90. The summed E-state index contributed by atoms with van der Waals surface area (Å²) in [4.78, 5) is 33.6. The van der Waals surface area contributed by atoms with Gasteiger partial charge in [0.25, 0.3) is 5.91 Å². The van der Waals surface area contributed by atoms with Crippen LogP contribution >= 0.6 is 0 Å². The summed E-state index contributed by atoms with van der Waals surface area (Å²) in [5, 5.41) is 5.04. The molecule has 0 atom stereocenters. The molecule has 2 aromatic heterocycles. The molecule has 1 aliphatic rings. The molecule has 0 N–H and O–H groups in total. The maximum Gasteiger partial charge on any atom is 0.256 e. The van der Waals surface area contributed by atoms with E-state index in [4.69, 9.17) is 0 Å². The molecule has 0 radical (unpaired) electrons. The summed E-state index contributed by atoms with van der Waals surface area (Å²) in [5.41, 5.74) is 1.34. The summed E-state index contributed by atoms with van der Waals surface area (Å²) >= 11 is 0. The average molecular weight is 363 g/mol. The minimum absolute atomic E-state index is 0.0272. The fourth-order valence-electron chi connectivity index (χ4n) is 3.45. The number of carbonyl (C=O) groups excluding carboxylic acids is 2. The Balaban J connectivity index is 1.46. The van der Waals surface area contributed by atoms with E-state index in [0.717, 1.165) is 17.3 Å². The van der Waals surface area contributed by atoms with Crippen LogP contribution in [0.3, 0.4) is 0 Å². The molecule has 1 aromatic carbocycles. The molecule has 1 saturated heterocycles. The summed E-state index contributed by atoms with van der Waals surface area (Å²) in [6.45, 7) is 2.57. The number of hydrogen-bond donors (Lipinski definition) is 0. The lowest BCUT2D eigenvalue weighted by atomic mass is 10.1. The third-order valence-corrected chi connectivity index (χ3v) is 4.86. The highest BCUT2D eigenvalue weighted by molar-refractivity contribution is 6.05. The number of amides is 2. The number of para-hydroxylation sites is 1. The van der Waals surface area contributed by atoms with E-state index >= 15 is 0 Å². The van der Waals surface area contributed by atoms with Crippen LogP contribution in [0.2, 0.25) is 0 Å². The number of carbonyl (C=O) groups is 2. The monoisotopic (exact) mass is 363 g/mol. The maximum atomic E-state index is 13.1. The fourth-order valence-corrected chi connectivity index (χ4v) is 3.45. The van der Waals surface area contributed by atoms with Crippen molar-refractivity contribution in [2.45, 2.75) is 13.0 Å². The minimum Gasteiger partial charge on any atom is -0.339 e. The van der Waals surface area contributed by atoms with Crippen molar-refractivity contribution in [3.63, 3.8) is 0 Å². The molecule has 1 fully saturated rings. The summed E-state index contributed by atoms with van der Waals surface area (Å²) in [7, 11) is 0. The molecule has 7 nitrogen and oxygen atoms in total. The standard InChI is InChI=1S/C20H21N5O2/c26-18(15-25-12-3-9-22-25)23-10-4-11-24(14-13-23)20(27)17-7-1-5-16-6-2-8-21-19(16)17/h1-3,5-9,12H,4,10-11,13-15H2. The Labute approximate surface area is 157 Å². The van der Waals surface area contributed by atoms with Crippen LogP contribution in [0.15, 0.2) is 55.0 Å². The Kier molecular flexibility index (Phi) is 4.82. The molecule has 7 heteroatoms. The molecular formula is C20H21N5O2. The van der Waals surface area contributed by atoms with Gasteiger partial charge in [0.05, 0.1) is 11.1 Å². The van der Waals surface area contributed by atoms with Crippen molar-refractivity contribution >= 4 is 22.7 Å². The van der Waals surface area contributed by atoms with Crippen molar-refractivity contribution < 1.29 is 9.59 Å². The predicted molar refractivity (Wildman–Crippen MR) is 101 cm³/mol. The van der Waals surface area contributed by atoms with Gasteiger partial charge >= 0.3 is 0 Å². The molecule has 0 unspecified atom stereocenters. The lowest BCUT2D eigenvalue weighted by molar-refractivity contribution is -0.131. The van der Waals surface area contributed by atoms with Crippen molar-refractivity contribution in [1.29, 1.82) is 0 Å². The molecule has 2 amide bonds. The highest BCUT2D eigenvalue weighted by Gasteiger charge is 2.24. The zero-order chi connectivity index (χ0) is 18.6. The summed E-state index contributed by atoms with van der Waals surface area (Å²) in [6, 6.07) is 11.3. The van der Waals surface area contributed by atoms with E-state index in [-0.39, 0.29) is 18.4 Å². The van der Waals surface area contributed by atoms with Gasteiger partial charge in [-0.1, -0.05) is 18.2 Å². The Morgan fingerprint density at radius 1 is 0.926 bits per heavy atom. The van der Waals surface area contributed by atoms with Crippen molar-refractivity contribution in [3.05, 3.63) is 60.6 Å². The normalized spacial score (nSPS) is 15.0. The lowest BCUT2D eigenvalue weighted by Gasteiger charge is -2.22. The van der Waals surface area contributed by atoms with E-state index in [9.17, 15) is 9.59 Å². The molecule has 138 valence electrons. The third-order valence-electron chi connectivity index (χ3n) is 4.86. The first kappa shape index (κ1) is 17.2. The van der Waals surface area contributed by atoms with Crippen LogP contribution in [0.1, 0.15) is 16.8 Å². The highest BCUT2D eigenvalue weighted by atomic mass is 16.2. The van der Waals surface area contributed by atoms with Gasteiger partial charge in [0.2, 0.25) is 5.91 Å². The Morgan fingerprint density at radius 2 is 1.74 bits per heavy atom. The highest BCUT2D eigenvalue weighted by Crippen LogP contribution is 2.18. The topological polar surface area (TPSA) is 71.3 Å². The Morgan fingerprint density at radius 3 is 2.59 bits per heavy atom. The lowest BCUT2D eigenvalue weighted by Crippen LogP contribution is -2.38. The largest absolute Gasteiger partial charge is 0.339 e. The molecule has 0 bridgehead atoms. The van der Waals surface area contributed by atoms with E-state index in [0.29, 0.717) is 31.7 Å². The van der Waals surface area contributed by atoms with Crippen LogP contribution in [-0.2, 0) is 11.3 Å². The van der Waals surface area contributed by atoms with Gasteiger partial charge in [-0.2, -0.15) is 5.10 Å². The van der Waals surface area contributed by atoms with Crippen LogP contribution in [-0.4, -0.2) is 62.6 Å². The van der Waals surface area contributed by atoms with Crippen molar-refractivity contribution in [2.75, 3.05) is 26.2 Å². The van der Waals surface area contributed by atoms with Gasteiger partial charge < -0.3 is 9.80 Å². The number of pyridine rings is 1. The first-order valence-corrected chi connectivity index (χ1v) is 9.10. The molecule has 3 heterocycles. The summed E-state index contributed by atoms with van der Waals surface area (Å²) in [5.74, 6) is 0.000465. The van der Waals surface area contributed by atoms with Crippen LogP contribution < -0.4 is 0 Å². The smallest absolute Gasteiger partial charge is 0.256 e. The molecule has 1 aliphatic heterocycles. The first-order valence-electron chi connectivity index (χ1n) is 9.10. The van der Waals surface area contributed by atoms with Gasteiger partial charge in [-0.3, -0.25) is 19.3 Å². The molecule has 0 spiro atoms. The molecule has 27 heavy (non-hydrogen) atoms. The van der Waals surface area contributed by atoms with Crippen LogP contribution in [0.5, 0.6) is 0 Å². The number of fused-ring (bicyclic) bond motifs is 1. The number of nitrogens with zero attached hydrogens (tertiary/aromatic N) is 5. The average Bonchev–Trinajstić information content (AvgIpc) is 3.08. The molecule has 4 rings (SSSR count). The molecule has 0 saturated carbocycles. The van der Waals surface area contributed by atoms with Gasteiger partial charge in [0, 0.05) is 50.2 Å². The number of benzene rings is 1. The quantitative estimate of drug-likeness (QED) is 0.711. The zero-order valence-corrected chi connectivity index (χ0v) is 15.0. The van der Waals surface area contributed by atoms with E-state index in [1.807, 2.05) is 40.1 Å². The fraction of sp³-hybridized carbons (Fsp3) is 0.300. The maximum absolute atomic E-state index is 13.1. The molecule has 3 aromatic rings. The van der Waals surface area contributed by atoms with Gasteiger partial charge in [-0.25, -0.2) is 0 Å². The second kappa shape index (κ2) is 7.57. The molecular weight excluding hydrogens is 342 g/mol. The Hall–Kier alpha value is -3.22. The van der Waals surface area contributed by atoms with E-state index in [1.54, 1.807) is 29.3 Å². The van der Waals surface area contributed by atoms with Crippen molar-refractivity contribution in [3.8, 4) is 0 Å². The van der Waals surface area contributed by atoms with Crippen LogP contribution in [0.4, 0.5) is 0 Å².